The SMILES string of the molecule is Nc1nc(Cc2nc3cccc(Cl)c3s2)cs1. The minimum absolute atomic E-state index is 0.596. The first-order valence-electron chi connectivity index (χ1n) is 4.96. The molecule has 3 rings (SSSR count). The fourth-order valence-corrected chi connectivity index (χ4v) is 3.43. The van der Waals surface area contributed by atoms with Gasteiger partial charge in [0.1, 0.15) is 0 Å². The third-order valence-corrected chi connectivity index (χ3v) is 4.57. The zero-order chi connectivity index (χ0) is 11.8. The summed E-state index contributed by atoms with van der Waals surface area (Å²) in [5, 5.41) is 4.32. The molecule has 0 aliphatic rings. The Labute approximate surface area is 111 Å². The highest BCUT2D eigenvalue weighted by Crippen LogP contribution is 2.30. The van der Waals surface area contributed by atoms with Gasteiger partial charge in [-0.05, 0) is 12.1 Å². The highest BCUT2D eigenvalue weighted by Gasteiger charge is 2.08. The van der Waals surface area contributed by atoms with Gasteiger partial charge in [-0.25, -0.2) is 9.97 Å². The van der Waals surface area contributed by atoms with Crippen LogP contribution in [0, 0.1) is 0 Å². The van der Waals surface area contributed by atoms with Crippen molar-refractivity contribution >= 4 is 49.6 Å². The summed E-state index contributed by atoms with van der Waals surface area (Å²) in [6.07, 6.45) is 0.712. The van der Waals surface area contributed by atoms with Gasteiger partial charge >= 0.3 is 0 Å². The van der Waals surface area contributed by atoms with Crippen LogP contribution in [0.1, 0.15) is 10.7 Å². The Morgan fingerprint density at radius 1 is 1.29 bits per heavy atom. The molecule has 0 spiro atoms. The fraction of sp³-hybridized carbons (Fsp3) is 0.0909. The molecular formula is C11H8ClN3S2. The highest BCUT2D eigenvalue weighted by atomic mass is 35.5. The zero-order valence-corrected chi connectivity index (χ0v) is 11.1. The molecule has 0 bridgehead atoms. The van der Waals surface area contributed by atoms with Crippen molar-refractivity contribution in [3.63, 3.8) is 0 Å². The normalized spacial score (nSPS) is 11.1. The second kappa shape index (κ2) is 4.25. The molecule has 0 aliphatic carbocycles. The maximum absolute atomic E-state index is 6.11. The maximum atomic E-state index is 6.11. The van der Waals surface area contributed by atoms with Crippen LogP contribution in [0.3, 0.4) is 0 Å². The molecule has 0 saturated heterocycles. The number of anilines is 1. The van der Waals surface area contributed by atoms with Gasteiger partial charge in [-0.2, -0.15) is 0 Å². The molecule has 0 atom stereocenters. The van der Waals surface area contributed by atoms with Gasteiger partial charge in [-0.3, -0.25) is 0 Å². The number of nitrogens with two attached hydrogens (primary N) is 1. The Morgan fingerprint density at radius 3 is 2.88 bits per heavy atom. The molecule has 6 heteroatoms. The van der Waals surface area contributed by atoms with E-state index in [1.165, 1.54) is 11.3 Å². The van der Waals surface area contributed by atoms with Gasteiger partial charge in [-0.15, -0.1) is 22.7 Å². The molecule has 0 unspecified atom stereocenters. The van der Waals surface area contributed by atoms with E-state index in [0.717, 1.165) is 25.9 Å². The molecule has 0 radical (unpaired) electrons. The van der Waals surface area contributed by atoms with Crippen LogP contribution in [0.15, 0.2) is 23.6 Å². The van der Waals surface area contributed by atoms with Crippen molar-refractivity contribution in [2.24, 2.45) is 0 Å². The fourth-order valence-electron chi connectivity index (χ4n) is 1.60. The van der Waals surface area contributed by atoms with E-state index in [4.69, 9.17) is 17.3 Å². The Morgan fingerprint density at radius 2 is 2.18 bits per heavy atom. The number of hydrogen-bond acceptors (Lipinski definition) is 5. The van der Waals surface area contributed by atoms with Crippen LogP contribution >= 0.6 is 34.3 Å². The summed E-state index contributed by atoms with van der Waals surface area (Å²) in [7, 11) is 0. The number of benzene rings is 1. The van der Waals surface area contributed by atoms with E-state index in [9.17, 15) is 0 Å². The van der Waals surface area contributed by atoms with Crippen LogP contribution < -0.4 is 5.73 Å². The van der Waals surface area contributed by atoms with Crippen molar-refractivity contribution in [2.45, 2.75) is 6.42 Å². The van der Waals surface area contributed by atoms with Crippen LogP contribution in [0.4, 0.5) is 5.13 Å². The van der Waals surface area contributed by atoms with Crippen LogP contribution in [0.25, 0.3) is 10.2 Å². The summed E-state index contributed by atoms with van der Waals surface area (Å²) in [4.78, 5) is 8.76. The standard InChI is InChI=1S/C11H8ClN3S2/c12-7-2-1-3-8-10(7)17-9(15-8)4-6-5-16-11(13)14-6/h1-3,5H,4H2,(H2,13,14). The smallest absolute Gasteiger partial charge is 0.180 e. The highest BCUT2D eigenvalue weighted by molar-refractivity contribution is 7.19. The van der Waals surface area contributed by atoms with Gasteiger partial charge in [0.25, 0.3) is 0 Å². The molecule has 2 aromatic heterocycles. The van der Waals surface area contributed by atoms with Crippen LogP contribution in [0.5, 0.6) is 0 Å². The third-order valence-electron chi connectivity index (χ3n) is 2.31. The molecule has 3 aromatic rings. The summed E-state index contributed by atoms with van der Waals surface area (Å²) in [5.41, 5.74) is 7.51. The topological polar surface area (TPSA) is 51.8 Å². The number of rotatable bonds is 2. The van der Waals surface area contributed by atoms with Gasteiger partial charge in [0.15, 0.2) is 5.13 Å². The molecular weight excluding hydrogens is 274 g/mol. The lowest BCUT2D eigenvalue weighted by Gasteiger charge is -1.89. The number of nitrogens with zero attached hydrogens (tertiary/aromatic N) is 2. The predicted molar refractivity (Wildman–Crippen MR) is 74.0 cm³/mol. The summed E-state index contributed by atoms with van der Waals surface area (Å²) >= 11 is 9.17. The Bertz CT molecular complexity index is 674. The van der Waals surface area contributed by atoms with Crippen LogP contribution in [-0.4, -0.2) is 9.97 Å². The monoisotopic (exact) mass is 281 g/mol. The molecule has 0 aliphatic heterocycles. The van der Waals surface area contributed by atoms with E-state index in [1.807, 2.05) is 23.6 Å². The van der Waals surface area contributed by atoms with Crippen LogP contribution in [0.2, 0.25) is 5.02 Å². The number of aromatic nitrogens is 2. The summed E-state index contributed by atoms with van der Waals surface area (Å²) < 4.78 is 1.03. The van der Waals surface area contributed by atoms with Gasteiger partial charge < -0.3 is 5.73 Å². The molecule has 0 amide bonds. The predicted octanol–water partition coefficient (Wildman–Crippen LogP) is 3.58. The van der Waals surface area contributed by atoms with Crippen molar-refractivity contribution in [3.8, 4) is 0 Å². The number of nitrogen functional groups attached to an aromatic ring is 1. The van der Waals surface area contributed by atoms with Crippen LogP contribution in [-0.2, 0) is 6.42 Å². The summed E-state index contributed by atoms with van der Waals surface area (Å²) in [5.74, 6) is 0. The first-order chi connectivity index (χ1) is 8.22. The molecule has 0 fully saturated rings. The second-order valence-electron chi connectivity index (χ2n) is 3.55. The van der Waals surface area contributed by atoms with E-state index >= 15 is 0 Å². The lowest BCUT2D eigenvalue weighted by Crippen LogP contribution is -1.88. The Hall–Kier alpha value is -1.17. The molecule has 0 saturated carbocycles. The van der Waals surface area contributed by atoms with E-state index < -0.39 is 0 Å². The quantitative estimate of drug-likeness (QED) is 0.781. The minimum atomic E-state index is 0.596. The molecule has 1 aromatic carbocycles. The first kappa shape index (κ1) is 11.0. The first-order valence-corrected chi connectivity index (χ1v) is 7.03. The summed E-state index contributed by atoms with van der Waals surface area (Å²) in [6, 6.07) is 5.76. The van der Waals surface area contributed by atoms with Gasteiger partial charge in [0.2, 0.25) is 0 Å². The van der Waals surface area contributed by atoms with Gasteiger partial charge in [0.05, 0.1) is 25.9 Å². The van der Waals surface area contributed by atoms with Gasteiger partial charge in [-0.1, -0.05) is 17.7 Å². The molecule has 2 heterocycles. The van der Waals surface area contributed by atoms with Crippen molar-refractivity contribution in [1.29, 1.82) is 0 Å². The molecule has 86 valence electrons. The molecule has 17 heavy (non-hydrogen) atoms. The maximum Gasteiger partial charge on any atom is 0.180 e. The average molecular weight is 282 g/mol. The van der Waals surface area contributed by atoms with Crippen molar-refractivity contribution < 1.29 is 0 Å². The van der Waals surface area contributed by atoms with Gasteiger partial charge in [0, 0.05) is 11.8 Å². The number of fused-ring (bicyclic) bond motifs is 1. The summed E-state index contributed by atoms with van der Waals surface area (Å²) in [6.45, 7) is 0. The third kappa shape index (κ3) is 2.13. The van der Waals surface area contributed by atoms with Crippen molar-refractivity contribution in [2.75, 3.05) is 5.73 Å². The number of thiazole rings is 2. The molecule has 3 nitrogen and oxygen atoms in total. The average Bonchev–Trinajstić information content (AvgIpc) is 2.86. The molecule has 2 N–H and O–H groups in total. The Kier molecular flexibility index (Phi) is 2.74. The van der Waals surface area contributed by atoms with E-state index in [1.54, 1.807) is 11.3 Å². The number of hydrogen-bond donors (Lipinski definition) is 1. The second-order valence-corrected chi connectivity index (χ2v) is 5.93. The minimum Gasteiger partial charge on any atom is -0.375 e. The Balaban J connectivity index is 1.98. The van der Waals surface area contributed by atoms with Crippen molar-refractivity contribution in [1.82, 2.24) is 9.97 Å². The zero-order valence-electron chi connectivity index (χ0n) is 8.68. The van der Waals surface area contributed by atoms with E-state index in [2.05, 4.69) is 9.97 Å². The van der Waals surface area contributed by atoms with Crippen molar-refractivity contribution in [3.05, 3.63) is 39.3 Å². The largest absolute Gasteiger partial charge is 0.375 e. The number of halogens is 1. The lowest BCUT2D eigenvalue weighted by atomic mass is 10.3. The van der Waals surface area contributed by atoms with E-state index in [0.29, 0.717) is 11.6 Å². The van der Waals surface area contributed by atoms with E-state index in [-0.39, 0.29) is 0 Å². The lowest BCUT2D eigenvalue weighted by molar-refractivity contribution is 1.09.